The summed E-state index contributed by atoms with van der Waals surface area (Å²) in [7, 11) is 5.00. The Morgan fingerprint density at radius 2 is 1.50 bits per heavy atom. The maximum atomic E-state index is 12.8. The molecule has 4 fully saturated rings. The molecule has 0 spiro atoms. The minimum absolute atomic E-state index is 0.104. The molecule has 4 aliphatic rings. The number of hydrogen-bond donors (Lipinski definition) is 1. The fourth-order valence-electron chi connectivity index (χ4n) is 5.94. The van der Waals surface area contributed by atoms with Crippen LogP contribution in [0.5, 0.6) is 11.5 Å². The Bertz CT molecular complexity index is 636. The topological polar surface area (TPSA) is 56.8 Å². The first kappa shape index (κ1) is 17.7. The monoisotopic (exact) mass is 359 g/mol. The van der Waals surface area contributed by atoms with Crippen LogP contribution in [-0.4, -0.2) is 39.4 Å². The predicted molar refractivity (Wildman–Crippen MR) is 98.7 cm³/mol. The molecule has 0 heterocycles. The molecule has 0 radical (unpaired) electrons. The van der Waals surface area contributed by atoms with Crippen LogP contribution in [0.15, 0.2) is 18.2 Å². The van der Waals surface area contributed by atoms with E-state index in [0.717, 1.165) is 11.8 Å². The van der Waals surface area contributed by atoms with Gasteiger partial charge in [0.1, 0.15) is 11.5 Å². The van der Waals surface area contributed by atoms with Crippen molar-refractivity contribution in [2.45, 2.75) is 37.7 Å². The molecule has 1 amide bonds. The number of nitrogens with one attached hydrogen (secondary N) is 1. The summed E-state index contributed by atoms with van der Waals surface area (Å²) in [4.78, 5) is 12.8. The number of rotatable bonds is 6. The standard InChI is InChI=1S/C21H29NO4/c1-24-18-9-15(10-19(11-18)25-2)20(23)22-12-21(26-3)16-5-13-4-14(7-16)8-17(21)6-13/h9-11,13-14,16-17H,4-8,12H2,1-3H3,(H,22,23). The van der Waals surface area contributed by atoms with E-state index in [1.54, 1.807) is 32.4 Å². The Hall–Kier alpha value is -1.75. The Morgan fingerprint density at radius 1 is 0.962 bits per heavy atom. The van der Waals surface area contributed by atoms with Crippen LogP contribution in [-0.2, 0) is 4.74 Å². The number of methoxy groups -OCH3 is 3. The van der Waals surface area contributed by atoms with E-state index in [-0.39, 0.29) is 11.5 Å². The van der Waals surface area contributed by atoms with Gasteiger partial charge in [0.15, 0.2) is 0 Å². The van der Waals surface area contributed by atoms with Crippen molar-refractivity contribution in [1.82, 2.24) is 5.32 Å². The van der Waals surface area contributed by atoms with Gasteiger partial charge in [0.05, 0.1) is 19.8 Å². The van der Waals surface area contributed by atoms with E-state index < -0.39 is 0 Å². The first-order chi connectivity index (χ1) is 12.6. The van der Waals surface area contributed by atoms with Crippen LogP contribution >= 0.6 is 0 Å². The first-order valence-electron chi connectivity index (χ1n) is 9.64. The smallest absolute Gasteiger partial charge is 0.251 e. The number of carbonyl (C=O) groups is 1. The highest BCUT2D eigenvalue weighted by Gasteiger charge is 2.57. The minimum Gasteiger partial charge on any atom is -0.497 e. The lowest BCUT2D eigenvalue weighted by atomic mass is 9.49. The molecule has 1 N–H and O–H groups in total. The van der Waals surface area contributed by atoms with Gasteiger partial charge in [0, 0.05) is 25.3 Å². The van der Waals surface area contributed by atoms with Gasteiger partial charge >= 0.3 is 0 Å². The molecule has 0 saturated heterocycles. The molecule has 1 aromatic rings. The van der Waals surface area contributed by atoms with E-state index in [0.29, 0.717) is 35.4 Å². The SMILES string of the molecule is COc1cc(OC)cc(C(=O)NCC2(OC)C3CC4CC(C3)CC2C4)c1. The van der Waals surface area contributed by atoms with E-state index in [9.17, 15) is 4.79 Å². The van der Waals surface area contributed by atoms with Gasteiger partial charge in [-0.25, -0.2) is 0 Å². The van der Waals surface area contributed by atoms with Crippen LogP contribution in [0.4, 0.5) is 0 Å². The van der Waals surface area contributed by atoms with E-state index in [4.69, 9.17) is 14.2 Å². The Balaban J connectivity index is 1.50. The van der Waals surface area contributed by atoms with Crippen LogP contribution in [0.1, 0.15) is 42.5 Å². The molecule has 0 aromatic heterocycles. The quantitative estimate of drug-likeness (QED) is 0.847. The molecule has 0 aliphatic heterocycles. The average Bonchev–Trinajstić information content (AvgIpc) is 2.66. The van der Waals surface area contributed by atoms with Gasteiger partial charge in [-0.1, -0.05) is 0 Å². The van der Waals surface area contributed by atoms with Gasteiger partial charge in [-0.05, 0) is 67.9 Å². The summed E-state index contributed by atoms with van der Waals surface area (Å²) < 4.78 is 16.7. The lowest BCUT2D eigenvalue weighted by molar-refractivity contribution is -0.186. The van der Waals surface area contributed by atoms with E-state index in [2.05, 4.69) is 5.32 Å². The molecule has 5 nitrogen and oxygen atoms in total. The summed E-state index contributed by atoms with van der Waals surface area (Å²) in [5.41, 5.74) is 0.350. The summed E-state index contributed by atoms with van der Waals surface area (Å²) in [6.45, 7) is 0.580. The molecule has 0 atom stereocenters. The molecular formula is C21H29NO4. The predicted octanol–water partition coefficient (Wildman–Crippen LogP) is 3.27. The summed E-state index contributed by atoms with van der Waals surface area (Å²) >= 11 is 0. The summed E-state index contributed by atoms with van der Waals surface area (Å²) in [6, 6.07) is 5.26. The zero-order valence-electron chi connectivity index (χ0n) is 15.9. The molecule has 4 aliphatic carbocycles. The number of amides is 1. The summed E-state index contributed by atoms with van der Waals surface area (Å²) in [5.74, 6) is 4.02. The fraction of sp³-hybridized carbons (Fsp3) is 0.667. The Morgan fingerprint density at radius 3 is 1.96 bits per heavy atom. The zero-order chi connectivity index (χ0) is 18.3. The van der Waals surface area contributed by atoms with E-state index in [1.807, 2.05) is 7.11 Å². The van der Waals surface area contributed by atoms with Crippen LogP contribution in [0.25, 0.3) is 0 Å². The molecule has 5 heteroatoms. The molecule has 4 saturated carbocycles. The molecule has 0 unspecified atom stereocenters. The first-order valence-corrected chi connectivity index (χ1v) is 9.64. The third-order valence-corrected chi connectivity index (χ3v) is 7.04. The van der Waals surface area contributed by atoms with Crippen molar-refractivity contribution in [2.24, 2.45) is 23.7 Å². The van der Waals surface area contributed by atoms with Crippen molar-refractivity contribution in [1.29, 1.82) is 0 Å². The molecule has 1 aromatic carbocycles. The summed E-state index contributed by atoms with van der Waals surface area (Å²) in [5, 5.41) is 3.15. The molecule has 4 bridgehead atoms. The van der Waals surface area contributed by atoms with Crippen LogP contribution in [0.2, 0.25) is 0 Å². The zero-order valence-corrected chi connectivity index (χ0v) is 15.9. The van der Waals surface area contributed by atoms with Crippen LogP contribution in [0, 0.1) is 23.7 Å². The third kappa shape index (κ3) is 2.86. The highest BCUT2D eigenvalue weighted by atomic mass is 16.5. The Labute approximate surface area is 155 Å². The third-order valence-electron chi connectivity index (χ3n) is 7.04. The highest BCUT2D eigenvalue weighted by Crippen LogP contribution is 2.59. The van der Waals surface area contributed by atoms with Crippen molar-refractivity contribution in [3.63, 3.8) is 0 Å². The van der Waals surface area contributed by atoms with Crippen molar-refractivity contribution < 1.29 is 19.0 Å². The van der Waals surface area contributed by atoms with Gasteiger partial charge in [-0.15, -0.1) is 0 Å². The van der Waals surface area contributed by atoms with Gasteiger partial charge < -0.3 is 19.5 Å². The summed E-state index contributed by atoms with van der Waals surface area (Å²) in [6.07, 6.45) is 6.42. The van der Waals surface area contributed by atoms with Gasteiger partial charge in [0.25, 0.3) is 5.91 Å². The van der Waals surface area contributed by atoms with Gasteiger partial charge in [0.2, 0.25) is 0 Å². The molecule has 5 rings (SSSR count). The van der Waals surface area contributed by atoms with E-state index >= 15 is 0 Å². The fourth-order valence-corrected chi connectivity index (χ4v) is 5.94. The second-order valence-corrected chi connectivity index (χ2v) is 8.25. The minimum atomic E-state index is -0.202. The average molecular weight is 359 g/mol. The van der Waals surface area contributed by atoms with Crippen molar-refractivity contribution in [3.05, 3.63) is 23.8 Å². The van der Waals surface area contributed by atoms with Gasteiger partial charge in [-0.2, -0.15) is 0 Å². The lowest BCUT2D eigenvalue weighted by Gasteiger charge is -2.60. The lowest BCUT2D eigenvalue weighted by Crippen LogP contribution is -2.63. The molecule has 26 heavy (non-hydrogen) atoms. The van der Waals surface area contributed by atoms with Crippen molar-refractivity contribution in [2.75, 3.05) is 27.9 Å². The molecular weight excluding hydrogens is 330 g/mol. The second kappa shape index (κ2) is 6.76. The largest absolute Gasteiger partial charge is 0.497 e. The van der Waals surface area contributed by atoms with E-state index in [1.165, 1.54) is 32.1 Å². The highest BCUT2D eigenvalue weighted by molar-refractivity contribution is 5.95. The number of benzene rings is 1. The van der Waals surface area contributed by atoms with Gasteiger partial charge in [-0.3, -0.25) is 4.79 Å². The van der Waals surface area contributed by atoms with Crippen molar-refractivity contribution in [3.8, 4) is 11.5 Å². The number of carbonyl (C=O) groups excluding carboxylic acids is 1. The van der Waals surface area contributed by atoms with Crippen LogP contribution in [0.3, 0.4) is 0 Å². The van der Waals surface area contributed by atoms with Crippen molar-refractivity contribution >= 4 is 5.91 Å². The maximum Gasteiger partial charge on any atom is 0.251 e. The molecule has 142 valence electrons. The Kier molecular flexibility index (Phi) is 4.59. The second-order valence-electron chi connectivity index (χ2n) is 8.25. The maximum absolute atomic E-state index is 12.8. The number of hydrogen-bond acceptors (Lipinski definition) is 4. The van der Waals surface area contributed by atoms with Crippen LogP contribution < -0.4 is 14.8 Å². The number of ether oxygens (including phenoxy) is 3. The normalized spacial score (nSPS) is 34.6.